The zero-order valence-corrected chi connectivity index (χ0v) is 42.8. The van der Waals surface area contributed by atoms with Crippen molar-refractivity contribution < 1.29 is 24.5 Å². The Morgan fingerprint density at radius 3 is 1.11 bits per heavy atom. The van der Waals surface area contributed by atoms with E-state index in [1.54, 1.807) is 6.08 Å². The van der Waals surface area contributed by atoms with Crippen LogP contribution in [0.5, 0.6) is 0 Å². The molecule has 0 fully saturated rings. The zero-order chi connectivity index (χ0) is 46.5. The Bertz CT molecular complexity index is 1040. The van der Waals surface area contributed by atoms with Crippen LogP contribution in [0.2, 0.25) is 0 Å². The fraction of sp³-hybridized carbons (Fsp3) is 0.862. The van der Waals surface area contributed by atoms with Gasteiger partial charge in [-0.15, -0.1) is 0 Å². The molecule has 0 saturated carbocycles. The maximum Gasteiger partial charge on any atom is 0.305 e. The Balaban J connectivity index is 3.47. The standard InChI is InChI=1S/C58H109NO5/c1-3-5-7-9-11-13-15-17-26-30-34-38-42-46-50-56(61)55(54-60)59-57(62)51-47-43-39-35-31-27-24-22-20-19-21-23-25-29-33-37-41-45-49-53-64-58(63)52-48-44-40-36-32-28-18-16-14-12-10-8-6-4-2/h16,18-20,46,50,55-56,60-61H,3-15,17,21-45,47-49,51-54H2,1-2H3,(H,59,62)/b18-16-,20-19-,50-46+. The molecule has 0 radical (unpaired) electrons. The largest absolute Gasteiger partial charge is 0.466 e. The Morgan fingerprint density at radius 1 is 0.422 bits per heavy atom. The van der Waals surface area contributed by atoms with Crippen LogP contribution in [0.1, 0.15) is 296 Å². The van der Waals surface area contributed by atoms with E-state index in [-0.39, 0.29) is 18.5 Å². The zero-order valence-electron chi connectivity index (χ0n) is 42.8. The smallest absolute Gasteiger partial charge is 0.305 e. The van der Waals surface area contributed by atoms with E-state index in [1.807, 2.05) is 6.08 Å². The molecule has 1 amide bonds. The molecule has 2 atom stereocenters. The van der Waals surface area contributed by atoms with Gasteiger partial charge in [0.25, 0.3) is 0 Å². The minimum absolute atomic E-state index is 0.00573. The summed E-state index contributed by atoms with van der Waals surface area (Å²) in [4.78, 5) is 24.5. The van der Waals surface area contributed by atoms with Crippen molar-refractivity contribution in [3.63, 3.8) is 0 Å². The maximum absolute atomic E-state index is 12.4. The first-order valence-electron chi connectivity index (χ1n) is 28.3. The normalized spacial score (nSPS) is 12.9. The predicted octanol–water partition coefficient (Wildman–Crippen LogP) is 17.2. The highest BCUT2D eigenvalue weighted by Gasteiger charge is 2.18. The van der Waals surface area contributed by atoms with Crippen LogP contribution in [0.25, 0.3) is 0 Å². The first kappa shape index (κ1) is 62.1. The minimum atomic E-state index is -0.850. The van der Waals surface area contributed by atoms with E-state index >= 15 is 0 Å². The number of esters is 1. The van der Waals surface area contributed by atoms with Gasteiger partial charge in [0.2, 0.25) is 5.91 Å². The van der Waals surface area contributed by atoms with Gasteiger partial charge in [-0.1, -0.05) is 237 Å². The summed E-state index contributed by atoms with van der Waals surface area (Å²) in [6.07, 6.45) is 65.9. The Labute approximate surface area is 398 Å². The average Bonchev–Trinajstić information content (AvgIpc) is 3.29. The fourth-order valence-electron chi connectivity index (χ4n) is 8.50. The van der Waals surface area contributed by atoms with Crippen LogP contribution in [0.4, 0.5) is 0 Å². The molecule has 0 saturated heterocycles. The molecule has 64 heavy (non-hydrogen) atoms. The summed E-state index contributed by atoms with van der Waals surface area (Å²) in [6, 6.07) is -0.635. The number of nitrogens with one attached hydrogen (secondary N) is 1. The van der Waals surface area contributed by atoms with Gasteiger partial charge in [0.1, 0.15) is 0 Å². The molecule has 3 N–H and O–H groups in total. The molecule has 0 bridgehead atoms. The number of hydrogen-bond acceptors (Lipinski definition) is 5. The van der Waals surface area contributed by atoms with Crippen molar-refractivity contribution >= 4 is 11.9 Å². The molecule has 0 aromatic carbocycles. The third-order valence-corrected chi connectivity index (χ3v) is 12.9. The average molecular weight is 901 g/mol. The lowest BCUT2D eigenvalue weighted by Crippen LogP contribution is -2.45. The van der Waals surface area contributed by atoms with E-state index in [0.717, 1.165) is 51.4 Å². The number of rotatable bonds is 52. The summed E-state index contributed by atoms with van der Waals surface area (Å²) in [5, 5.41) is 23.1. The number of carbonyl (C=O) groups is 2. The summed E-state index contributed by atoms with van der Waals surface area (Å²) >= 11 is 0. The van der Waals surface area contributed by atoms with Gasteiger partial charge < -0.3 is 20.3 Å². The molecule has 0 rings (SSSR count). The summed E-state index contributed by atoms with van der Waals surface area (Å²) in [7, 11) is 0. The van der Waals surface area contributed by atoms with Crippen molar-refractivity contribution in [2.45, 2.75) is 309 Å². The van der Waals surface area contributed by atoms with E-state index in [0.29, 0.717) is 19.4 Å². The monoisotopic (exact) mass is 900 g/mol. The lowest BCUT2D eigenvalue weighted by atomic mass is 10.0. The quantitative estimate of drug-likeness (QED) is 0.0321. The van der Waals surface area contributed by atoms with Crippen molar-refractivity contribution in [2.24, 2.45) is 0 Å². The van der Waals surface area contributed by atoms with Crippen molar-refractivity contribution in [3.05, 3.63) is 36.5 Å². The number of ether oxygens (including phenoxy) is 1. The maximum atomic E-state index is 12.4. The first-order valence-corrected chi connectivity index (χ1v) is 28.3. The van der Waals surface area contributed by atoms with Gasteiger partial charge in [0.05, 0.1) is 25.4 Å². The topological polar surface area (TPSA) is 95.9 Å². The molecule has 0 heterocycles. The second-order valence-electron chi connectivity index (χ2n) is 19.3. The highest BCUT2D eigenvalue weighted by Crippen LogP contribution is 2.15. The molecule has 376 valence electrons. The molecule has 0 aliphatic heterocycles. The van der Waals surface area contributed by atoms with E-state index in [4.69, 9.17) is 4.74 Å². The number of carbonyl (C=O) groups excluding carboxylic acids is 2. The van der Waals surface area contributed by atoms with Gasteiger partial charge in [0, 0.05) is 12.8 Å². The molecule has 6 heteroatoms. The fourth-order valence-corrected chi connectivity index (χ4v) is 8.50. The molecule has 0 aliphatic carbocycles. The highest BCUT2D eigenvalue weighted by molar-refractivity contribution is 5.76. The van der Waals surface area contributed by atoms with Crippen LogP contribution in [0, 0.1) is 0 Å². The van der Waals surface area contributed by atoms with Gasteiger partial charge in [-0.2, -0.15) is 0 Å². The summed E-state index contributed by atoms with van der Waals surface area (Å²) in [6.45, 7) is 4.88. The lowest BCUT2D eigenvalue weighted by Gasteiger charge is -2.20. The van der Waals surface area contributed by atoms with Crippen LogP contribution >= 0.6 is 0 Å². The van der Waals surface area contributed by atoms with Gasteiger partial charge in [-0.05, 0) is 83.5 Å². The summed E-state index contributed by atoms with van der Waals surface area (Å²) < 4.78 is 5.46. The number of hydrogen-bond donors (Lipinski definition) is 3. The van der Waals surface area contributed by atoms with Crippen LogP contribution in [0.3, 0.4) is 0 Å². The van der Waals surface area contributed by atoms with Crippen LogP contribution in [-0.4, -0.2) is 47.4 Å². The van der Waals surface area contributed by atoms with E-state index in [2.05, 4.69) is 43.5 Å². The van der Waals surface area contributed by atoms with Gasteiger partial charge in [-0.3, -0.25) is 9.59 Å². The van der Waals surface area contributed by atoms with Gasteiger partial charge >= 0.3 is 5.97 Å². The van der Waals surface area contributed by atoms with Crippen LogP contribution in [-0.2, 0) is 14.3 Å². The van der Waals surface area contributed by atoms with Crippen molar-refractivity contribution in [3.8, 4) is 0 Å². The number of unbranched alkanes of at least 4 members (excludes halogenated alkanes) is 37. The molecule has 2 unspecified atom stereocenters. The lowest BCUT2D eigenvalue weighted by molar-refractivity contribution is -0.143. The third-order valence-electron chi connectivity index (χ3n) is 12.9. The van der Waals surface area contributed by atoms with E-state index < -0.39 is 12.1 Å². The number of allylic oxidation sites excluding steroid dienone is 5. The van der Waals surface area contributed by atoms with Crippen molar-refractivity contribution in [1.29, 1.82) is 0 Å². The van der Waals surface area contributed by atoms with Gasteiger partial charge in [-0.25, -0.2) is 0 Å². The Morgan fingerprint density at radius 2 is 0.734 bits per heavy atom. The van der Waals surface area contributed by atoms with Crippen LogP contribution in [0.15, 0.2) is 36.5 Å². The molecular formula is C58H109NO5. The molecule has 0 aliphatic rings. The molecule has 0 spiro atoms. The molecular weight excluding hydrogens is 791 g/mol. The Kier molecular flexibility index (Phi) is 52.1. The second kappa shape index (κ2) is 53.7. The van der Waals surface area contributed by atoms with Crippen LogP contribution < -0.4 is 5.32 Å². The second-order valence-corrected chi connectivity index (χ2v) is 19.3. The molecule has 6 nitrogen and oxygen atoms in total. The molecule has 0 aromatic heterocycles. The minimum Gasteiger partial charge on any atom is -0.466 e. The predicted molar refractivity (Wildman–Crippen MR) is 278 cm³/mol. The highest BCUT2D eigenvalue weighted by atomic mass is 16.5. The van der Waals surface area contributed by atoms with Crippen molar-refractivity contribution in [2.75, 3.05) is 13.2 Å². The third kappa shape index (κ3) is 49.5. The first-order chi connectivity index (χ1) is 31.5. The van der Waals surface area contributed by atoms with Gasteiger partial charge in [0.15, 0.2) is 0 Å². The van der Waals surface area contributed by atoms with E-state index in [9.17, 15) is 19.8 Å². The SMILES string of the molecule is CCCCCCC/C=C\CCCCCCCC(=O)OCCCCCCCCCC/C=C\CCCCCCCCCC(=O)NC(CO)C(O)/C=C/CCCCCCCCCCCCCC. The summed E-state index contributed by atoms with van der Waals surface area (Å²) in [5.74, 6) is -0.0836. The Hall–Kier alpha value is -1.92. The summed E-state index contributed by atoms with van der Waals surface area (Å²) in [5.41, 5.74) is 0. The molecule has 0 aromatic rings. The number of aliphatic hydroxyl groups is 2. The van der Waals surface area contributed by atoms with Crippen molar-refractivity contribution in [1.82, 2.24) is 5.32 Å². The number of aliphatic hydroxyl groups excluding tert-OH is 2. The number of amides is 1. The van der Waals surface area contributed by atoms with E-state index in [1.165, 1.54) is 218 Å².